The molecule has 17 heavy (non-hydrogen) atoms. The standard InChI is InChI=1S/C14H20N2O/c1-11-9-15(13(3)17)10-12(2)16(11)14-7-5-4-6-8-14/h4-8,11-12H,9-10H2,1-3H3/t11-,12+. The second-order valence-electron chi connectivity index (χ2n) is 4.86. The molecule has 1 aromatic carbocycles. The van der Waals surface area contributed by atoms with E-state index in [9.17, 15) is 4.79 Å². The first-order valence-corrected chi connectivity index (χ1v) is 6.18. The van der Waals surface area contributed by atoms with Crippen LogP contribution in [0, 0.1) is 0 Å². The van der Waals surface area contributed by atoms with Gasteiger partial charge < -0.3 is 9.80 Å². The topological polar surface area (TPSA) is 23.6 Å². The Bertz CT molecular complexity index is 378. The molecule has 3 nitrogen and oxygen atoms in total. The third kappa shape index (κ3) is 2.43. The molecular formula is C14H20N2O. The molecule has 1 fully saturated rings. The van der Waals surface area contributed by atoms with E-state index in [4.69, 9.17) is 0 Å². The van der Waals surface area contributed by atoms with Crippen LogP contribution in [0.15, 0.2) is 30.3 Å². The Labute approximate surface area is 103 Å². The molecule has 0 N–H and O–H groups in total. The Balaban J connectivity index is 2.18. The molecular weight excluding hydrogens is 212 g/mol. The van der Waals surface area contributed by atoms with E-state index >= 15 is 0 Å². The summed E-state index contributed by atoms with van der Waals surface area (Å²) in [5, 5.41) is 0. The molecule has 92 valence electrons. The molecule has 0 radical (unpaired) electrons. The normalized spacial score (nSPS) is 24.9. The fourth-order valence-corrected chi connectivity index (χ4v) is 2.69. The van der Waals surface area contributed by atoms with Gasteiger partial charge in [-0.2, -0.15) is 0 Å². The number of carbonyl (C=O) groups is 1. The van der Waals surface area contributed by atoms with Gasteiger partial charge in [0, 0.05) is 37.8 Å². The third-order valence-corrected chi connectivity index (χ3v) is 3.42. The van der Waals surface area contributed by atoms with Crippen molar-refractivity contribution in [2.45, 2.75) is 32.9 Å². The SMILES string of the molecule is CC(=O)N1C[C@@H](C)N(c2ccccc2)[C@@H](C)C1. The van der Waals surface area contributed by atoms with Crippen molar-refractivity contribution in [3.63, 3.8) is 0 Å². The molecule has 2 atom stereocenters. The predicted octanol–water partition coefficient (Wildman–Crippen LogP) is 2.13. The second kappa shape index (κ2) is 4.78. The van der Waals surface area contributed by atoms with Crippen LogP contribution in [-0.2, 0) is 4.79 Å². The fourth-order valence-electron chi connectivity index (χ4n) is 2.69. The highest BCUT2D eigenvalue weighted by Gasteiger charge is 2.30. The lowest BCUT2D eigenvalue weighted by Crippen LogP contribution is -2.57. The quantitative estimate of drug-likeness (QED) is 0.740. The van der Waals surface area contributed by atoms with Crippen molar-refractivity contribution in [1.29, 1.82) is 0 Å². The summed E-state index contributed by atoms with van der Waals surface area (Å²) < 4.78 is 0. The zero-order valence-corrected chi connectivity index (χ0v) is 10.8. The van der Waals surface area contributed by atoms with Crippen LogP contribution in [0.1, 0.15) is 20.8 Å². The van der Waals surface area contributed by atoms with Crippen LogP contribution in [0.5, 0.6) is 0 Å². The summed E-state index contributed by atoms with van der Waals surface area (Å²) >= 11 is 0. The highest BCUT2D eigenvalue weighted by Crippen LogP contribution is 2.24. The summed E-state index contributed by atoms with van der Waals surface area (Å²) in [6, 6.07) is 11.2. The van der Waals surface area contributed by atoms with Crippen LogP contribution in [-0.4, -0.2) is 36.0 Å². The molecule has 1 amide bonds. The summed E-state index contributed by atoms with van der Waals surface area (Å²) in [4.78, 5) is 15.8. The lowest BCUT2D eigenvalue weighted by atomic mass is 10.1. The largest absolute Gasteiger partial charge is 0.363 e. The van der Waals surface area contributed by atoms with Gasteiger partial charge in [-0.05, 0) is 26.0 Å². The van der Waals surface area contributed by atoms with Gasteiger partial charge in [0.15, 0.2) is 0 Å². The molecule has 0 saturated carbocycles. The Morgan fingerprint density at radius 2 is 1.65 bits per heavy atom. The predicted molar refractivity (Wildman–Crippen MR) is 70.1 cm³/mol. The molecule has 2 rings (SSSR count). The minimum atomic E-state index is 0.177. The van der Waals surface area contributed by atoms with Crippen molar-refractivity contribution in [1.82, 2.24) is 4.90 Å². The number of rotatable bonds is 1. The number of nitrogens with zero attached hydrogens (tertiary/aromatic N) is 2. The first-order chi connectivity index (χ1) is 8.09. The summed E-state index contributed by atoms with van der Waals surface area (Å²) in [7, 11) is 0. The van der Waals surface area contributed by atoms with E-state index in [1.54, 1.807) is 6.92 Å². The van der Waals surface area contributed by atoms with Gasteiger partial charge in [-0.15, -0.1) is 0 Å². The molecule has 1 saturated heterocycles. The fraction of sp³-hybridized carbons (Fsp3) is 0.500. The van der Waals surface area contributed by atoms with E-state index in [-0.39, 0.29) is 5.91 Å². The second-order valence-corrected chi connectivity index (χ2v) is 4.86. The van der Waals surface area contributed by atoms with Crippen molar-refractivity contribution in [3.05, 3.63) is 30.3 Å². The number of piperazine rings is 1. The molecule has 1 aliphatic heterocycles. The maximum Gasteiger partial charge on any atom is 0.219 e. The molecule has 0 unspecified atom stereocenters. The van der Waals surface area contributed by atoms with Gasteiger partial charge in [0.2, 0.25) is 5.91 Å². The Morgan fingerprint density at radius 3 is 2.12 bits per heavy atom. The average molecular weight is 232 g/mol. The van der Waals surface area contributed by atoms with Crippen molar-refractivity contribution in [3.8, 4) is 0 Å². The van der Waals surface area contributed by atoms with Crippen LogP contribution >= 0.6 is 0 Å². The number of amides is 1. The molecule has 1 heterocycles. The van der Waals surface area contributed by atoms with Gasteiger partial charge in [-0.25, -0.2) is 0 Å². The summed E-state index contributed by atoms with van der Waals surface area (Å²) in [6.07, 6.45) is 0. The van der Waals surface area contributed by atoms with Crippen LogP contribution in [0.3, 0.4) is 0 Å². The van der Waals surface area contributed by atoms with E-state index < -0.39 is 0 Å². The number of benzene rings is 1. The average Bonchev–Trinajstić information content (AvgIpc) is 2.29. The van der Waals surface area contributed by atoms with Crippen LogP contribution in [0.25, 0.3) is 0 Å². The minimum absolute atomic E-state index is 0.177. The number of para-hydroxylation sites is 1. The Morgan fingerprint density at radius 1 is 1.12 bits per heavy atom. The van der Waals surface area contributed by atoms with E-state index in [1.807, 2.05) is 11.0 Å². The maximum atomic E-state index is 11.4. The number of hydrogen-bond acceptors (Lipinski definition) is 2. The van der Waals surface area contributed by atoms with Gasteiger partial charge in [0.05, 0.1) is 0 Å². The number of carbonyl (C=O) groups excluding carboxylic acids is 1. The molecule has 0 bridgehead atoms. The monoisotopic (exact) mass is 232 g/mol. The summed E-state index contributed by atoms with van der Waals surface area (Å²) in [5.41, 5.74) is 1.25. The van der Waals surface area contributed by atoms with Crippen molar-refractivity contribution in [2.75, 3.05) is 18.0 Å². The van der Waals surface area contributed by atoms with Gasteiger partial charge in [0.25, 0.3) is 0 Å². The zero-order chi connectivity index (χ0) is 12.4. The highest BCUT2D eigenvalue weighted by molar-refractivity contribution is 5.73. The van der Waals surface area contributed by atoms with E-state index in [2.05, 4.69) is 43.0 Å². The van der Waals surface area contributed by atoms with Crippen molar-refractivity contribution < 1.29 is 4.79 Å². The van der Waals surface area contributed by atoms with Gasteiger partial charge in [-0.1, -0.05) is 18.2 Å². The number of hydrogen-bond donors (Lipinski definition) is 0. The van der Waals surface area contributed by atoms with Gasteiger partial charge in [-0.3, -0.25) is 4.79 Å². The maximum absolute atomic E-state index is 11.4. The zero-order valence-electron chi connectivity index (χ0n) is 10.8. The molecule has 0 aromatic heterocycles. The lowest BCUT2D eigenvalue weighted by Gasteiger charge is -2.45. The van der Waals surface area contributed by atoms with Crippen molar-refractivity contribution >= 4 is 11.6 Å². The van der Waals surface area contributed by atoms with Crippen molar-refractivity contribution in [2.24, 2.45) is 0 Å². The molecule has 3 heteroatoms. The van der Waals surface area contributed by atoms with E-state index in [1.165, 1.54) is 5.69 Å². The first kappa shape index (κ1) is 12.0. The summed E-state index contributed by atoms with van der Waals surface area (Å²) in [5.74, 6) is 0.177. The smallest absolute Gasteiger partial charge is 0.219 e. The number of anilines is 1. The Hall–Kier alpha value is -1.51. The van der Waals surface area contributed by atoms with Crippen LogP contribution in [0.4, 0.5) is 5.69 Å². The van der Waals surface area contributed by atoms with Gasteiger partial charge >= 0.3 is 0 Å². The molecule has 0 spiro atoms. The lowest BCUT2D eigenvalue weighted by molar-refractivity contribution is -0.130. The van der Waals surface area contributed by atoms with E-state index in [0.717, 1.165) is 13.1 Å². The molecule has 0 aliphatic carbocycles. The first-order valence-electron chi connectivity index (χ1n) is 6.18. The van der Waals surface area contributed by atoms with E-state index in [0.29, 0.717) is 12.1 Å². The Kier molecular flexibility index (Phi) is 3.36. The third-order valence-electron chi connectivity index (χ3n) is 3.42. The van der Waals surface area contributed by atoms with Gasteiger partial charge in [0.1, 0.15) is 0 Å². The molecule has 1 aliphatic rings. The molecule has 1 aromatic rings. The summed E-state index contributed by atoms with van der Waals surface area (Å²) in [6.45, 7) is 7.64. The van der Waals surface area contributed by atoms with Crippen LogP contribution < -0.4 is 4.90 Å². The minimum Gasteiger partial charge on any atom is -0.363 e. The van der Waals surface area contributed by atoms with Crippen LogP contribution in [0.2, 0.25) is 0 Å². The highest BCUT2D eigenvalue weighted by atomic mass is 16.2.